The van der Waals surface area contributed by atoms with Crippen LogP contribution < -0.4 is 11.3 Å². The van der Waals surface area contributed by atoms with Crippen LogP contribution >= 0.6 is 0 Å². The molecule has 0 aliphatic heterocycles. The van der Waals surface area contributed by atoms with Crippen molar-refractivity contribution in [2.75, 3.05) is 19.0 Å². The molecule has 0 saturated carbocycles. The molecule has 0 saturated heterocycles. The Kier molecular flexibility index (Phi) is 4.22. The van der Waals surface area contributed by atoms with Crippen molar-refractivity contribution in [1.29, 1.82) is 0 Å². The van der Waals surface area contributed by atoms with Crippen molar-refractivity contribution in [3.8, 4) is 0 Å². The average molecular weight is 244 g/mol. The topological polar surface area (TPSA) is 88.3 Å². The van der Waals surface area contributed by atoms with E-state index in [1.165, 1.54) is 17.5 Å². The molecule has 0 aliphatic rings. The van der Waals surface area contributed by atoms with Gasteiger partial charge in [-0.15, -0.1) is 0 Å². The highest BCUT2D eigenvalue weighted by Gasteiger charge is 2.24. The van der Waals surface area contributed by atoms with Crippen molar-refractivity contribution < 1.29 is 8.42 Å². The van der Waals surface area contributed by atoms with Crippen LogP contribution in [0.25, 0.3) is 0 Å². The molecule has 0 bridgehead atoms. The summed E-state index contributed by atoms with van der Waals surface area (Å²) in [5.41, 5.74) is 2.63. The zero-order valence-corrected chi connectivity index (χ0v) is 10.2. The van der Waals surface area contributed by atoms with E-state index in [-0.39, 0.29) is 5.03 Å². The number of pyridine rings is 1. The fourth-order valence-electron chi connectivity index (χ4n) is 1.29. The number of nitrogens with zero attached hydrogens (tertiary/aromatic N) is 2. The number of anilines is 1. The Morgan fingerprint density at radius 3 is 2.81 bits per heavy atom. The molecule has 0 radical (unpaired) electrons. The van der Waals surface area contributed by atoms with E-state index in [9.17, 15) is 8.42 Å². The molecule has 6 nitrogen and oxygen atoms in total. The molecule has 0 aliphatic carbocycles. The summed E-state index contributed by atoms with van der Waals surface area (Å²) in [7, 11) is -2.04. The maximum absolute atomic E-state index is 12.1. The average Bonchev–Trinajstić information content (AvgIpc) is 2.29. The highest BCUT2D eigenvalue weighted by molar-refractivity contribution is 7.89. The summed E-state index contributed by atoms with van der Waals surface area (Å²) in [6, 6.07) is 3.19. The van der Waals surface area contributed by atoms with Crippen molar-refractivity contribution in [3.05, 3.63) is 18.3 Å². The van der Waals surface area contributed by atoms with E-state index in [0.29, 0.717) is 12.2 Å². The second-order valence-electron chi connectivity index (χ2n) is 3.33. The lowest BCUT2D eigenvalue weighted by Gasteiger charge is -2.17. The lowest BCUT2D eigenvalue weighted by atomic mass is 10.4. The molecule has 16 heavy (non-hydrogen) atoms. The monoisotopic (exact) mass is 244 g/mol. The quantitative estimate of drug-likeness (QED) is 0.578. The van der Waals surface area contributed by atoms with Crippen LogP contribution in [-0.4, -0.2) is 31.3 Å². The number of aromatic nitrogens is 1. The fraction of sp³-hybridized carbons (Fsp3) is 0.444. The number of rotatable bonds is 5. The number of hydrogen-bond donors (Lipinski definition) is 2. The number of nitrogens with one attached hydrogen (secondary N) is 1. The van der Waals surface area contributed by atoms with Crippen molar-refractivity contribution in [2.24, 2.45) is 5.84 Å². The molecule has 0 atom stereocenters. The van der Waals surface area contributed by atoms with Gasteiger partial charge in [-0.2, -0.15) is 4.31 Å². The first-order valence-corrected chi connectivity index (χ1v) is 6.36. The van der Waals surface area contributed by atoms with Crippen LogP contribution in [0.15, 0.2) is 23.4 Å². The van der Waals surface area contributed by atoms with Crippen molar-refractivity contribution in [1.82, 2.24) is 9.29 Å². The summed E-state index contributed by atoms with van der Waals surface area (Å²) in [5.74, 6) is 5.25. The Hall–Kier alpha value is -1.18. The van der Waals surface area contributed by atoms with Gasteiger partial charge in [-0.25, -0.2) is 13.4 Å². The predicted molar refractivity (Wildman–Crippen MR) is 62.2 cm³/mol. The largest absolute Gasteiger partial charge is 0.321 e. The lowest BCUT2D eigenvalue weighted by molar-refractivity contribution is 0.466. The summed E-state index contributed by atoms with van der Waals surface area (Å²) in [6.45, 7) is 2.36. The van der Waals surface area contributed by atoms with Gasteiger partial charge in [-0.3, -0.25) is 5.84 Å². The van der Waals surface area contributed by atoms with Crippen LogP contribution in [0.3, 0.4) is 0 Å². The van der Waals surface area contributed by atoms with Gasteiger partial charge in [0.25, 0.3) is 10.0 Å². The van der Waals surface area contributed by atoms with E-state index >= 15 is 0 Å². The molecule has 90 valence electrons. The summed E-state index contributed by atoms with van der Waals surface area (Å²) in [6.07, 6.45) is 2.17. The van der Waals surface area contributed by atoms with Crippen LogP contribution in [0.2, 0.25) is 0 Å². The van der Waals surface area contributed by atoms with Gasteiger partial charge in [0.1, 0.15) is 0 Å². The molecule has 1 heterocycles. The molecule has 0 aromatic carbocycles. The van der Waals surface area contributed by atoms with Gasteiger partial charge >= 0.3 is 0 Å². The summed E-state index contributed by atoms with van der Waals surface area (Å²) in [4.78, 5) is 3.85. The van der Waals surface area contributed by atoms with Crippen LogP contribution in [-0.2, 0) is 10.0 Å². The minimum Gasteiger partial charge on any atom is -0.321 e. The maximum Gasteiger partial charge on any atom is 0.262 e. The van der Waals surface area contributed by atoms with E-state index < -0.39 is 10.0 Å². The van der Waals surface area contributed by atoms with E-state index in [1.54, 1.807) is 12.1 Å². The molecule has 7 heteroatoms. The van der Waals surface area contributed by atoms with Gasteiger partial charge in [0.15, 0.2) is 5.03 Å². The summed E-state index contributed by atoms with van der Waals surface area (Å²) >= 11 is 0. The molecular weight excluding hydrogens is 228 g/mol. The Bertz CT molecular complexity index is 447. The molecule has 0 unspecified atom stereocenters. The molecule has 1 rings (SSSR count). The molecule has 0 fully saturated rings. The first-order valence-electron chi connectivity index (χ1n) is 4.92. The summed E-state index contributed by atoms with van der Waals surface area (Å²) < 4.78 is 25.4. The third kappa shape index (κ3) is 2.49. The second kappa shape index (κ2) is 5.24. The van der Waals surface area contributed by atoms with Gasteiger partial charge in [0.05, 0.1) is 5.69 Å². The third-order valence-electron chi connectivity index (χ3n) is 2.12. The first-order chi connectivity index (χ1) is 7.54. The van der Waals surface area contributed by atoms with Crippen molar-refractivity contribution in [3.63, 3.8) is 0 Å². The van der Waals surface area contributed by atoms with E-state index in [0.717, 1.165) is 6.42 Å². The SMILES string of the molecule is CCCN(C)S(=O)(=O)c1ncccc1NN. The molecule has 1 aromatic rings. The Morgan fingerprint density at radius 2 is 2.25 bits per heavy atom. The van der Waals surface area contributed by atoms with E-state index in [1.807, 2.05) is 6.92 Å². The zero-order valence-electron chi connectivity index (χ0n) is 9.34. The number of hydrazine groups is 1. The van der Waals surface area contributed by atoms with Crippen LogP contribution in [0.1, 0.15) is 13.3 Å². The number of nitrogens with two attached hydrogens (primary N) is 1. The third-order valence-corrected chi connectivity index (χ3v) is 3.94. The second-order valence-corrected chi connectivity index (χ2v) is 5.29. The van der Waals surface area contributed by atoms with Gasteiger partial charge in [0, 0.05) is 19.8 Å². The van der Waals surface area contributed by atoms with Gasteiger partial charge in [-0.05, 0) is 18.6 Å². The van der Waals surface area contributed by atoms with Crippen LogP contribution in [0.5, 0.6) is 0 Å². The minimum atomic E-state index is -3.56. The lowest BCUT2D eigenvalue weighted by Crippen LogP contribution is -2.29. The van der Waals surface area contributed by atoms with Crippen molar-refractivity contribution >= 4 is 15.7 Å². The zero-order chi connectivity index (χ0) is 12.2. The van der Waals surface area contributed by atoms with Gasteiger partial charge in [-0.1, -0.05) is 6.92 Å². The normalized spacial score (nSPS) is 11.8. The van der Waals surface area contributed by atoms with Gasteiger partial charge < -0.3 is 5.43 Å². The fourth-order valence-corrected chi connectivity index (χ4v) is 2.61. The Labute approximate surface area is 95.5 Å². The standard InChI is InChI=1S/C9H16N4O2S/c1-3-7-13(2)16(14,15)9-8(12-10)5-4-6-11-9/h4-6,12H,3,7,10H2,1-2H3. The van der Waals surface area contributed by atoms with Crippen LogP contribution in [0.4, 0.5) is 5.69 Å². The highest BCUT2D eigenvalue weighted by Crippen LogP contribution is 2.20. The maximum atomic E-state index is 12.1. The Morgan fingerprint density at radius 1 is 1.56 bits per heavy atom. The molecule has 0 spiro atoms. The highest BCUT2D eigenvalue weighted by atomic mass is 32.2. The van der Waals surface area contributed by atoms with E-state index in [4.69, 9.17) is 5.84 Å². The Balaban J connectivity index is 3.16. The van der Waals surface area contributed by atoms with Crippen molar-refractivity contribution in [2.45, 2.75) is 18.4 Å². The first kappa shape index (κ1) is 12.9. The minimum absolute atomic E-state index is 0.0477. The smallest absolute Gasteiger partial charge is 0.262 e. The molecular formula is C9H16N4O2S. The molecule has 3 N–H and O–H groups in total. The summed E-state index contributed by atoms with van der Waals surface area (Å²) in [5, 5.41) is -0.0477. The van der Waals surface area contributed by atoms with Gasteiger partial charge in [0.2, 0.25) is 0 Å². The number of nitrogen functional groups attached to an aromatic ring is 1. The molecule has 1 aromatic heterocycles. The number of hydrogen-bond acceptors (Lipinski definition) is 5. The van der Waals surface area contributed by atoms with E-state index in [2.05, 4.69) is 10.4 Å². The predicted octanol–water partition coefficient (Wildman–Crippen LogP) is 0.398. The molecule has 0 amide bonds. The van der Waals surface area contributed by atoms with Crippen LogP contribution in [0, 0.1) is 0 Å². The number of sulfonamides is 1.